The monoisotopic (exact) mass is 303 g/mol. The van der Waals surface area contributed by atoms with E-state index in [1.165, 1.54) is 11.3 Å². The van der Waals surface area contributed by atoms with Gasteiger partial charge in [-0.05, 0) is 6.07 Å². The maximum absolute atomic E-state index is 11.5. The van der Waals surface area contributed by atoms with Crippen LogP contribution in [-0.2, 0) is 26.1 Å². The van der Waals surface area contributed by atoms with E-state index in [1.54, 1.807) is 11.4 Å². The number of ether oxygens (including phenoxy) is 1. The molecule has 6 nitrogen and oxygen atoms in total. The topological polar surface area (TPSA) is 92.7 Å². The molecule has 1 aromatic rings. The summed E-state index contributed by atoms with van der Waals surface area (Å²) >= 11 is 1.34. The predicted octanol–water partition coefficient (Wildman–Crippen LogP) is -0.316. The van der Waals surface area contributed by atoms with Gasteiger partial charge in [0.25, 0.3) is 0 Å². The summed E-state index contributed by atoms with van der Waals surface area (Å²) in [4.78, 5) is 11.6. The van der Waals surface area contributed by atoms with Gasteiger partial charge in [-0.25, -0.2) is 13.1 Å². The third-order valence-electron chi connectivity index (χ3n) is 1.97. The lowest BCUT2D eigenvalue weighted by Crippen LogP contribution is -2.30. The van der Waals surface area contributed by atoms with Crippen molar-refractivity contribution in [2.45, 2.75) is 6.54 Å². The van der Waals surface area contributed by atoms with E-state index >= 15 is 0 Å². The third-order valence-corrected chi connectivity index (χ3v) is 4.10. The first-order valence-electron chi connectivity index (χ1n) is 5.18. The number of carbonyl (C=O) groups excluding carboxylic acids is 1. The highest BCUT2D eigenvalue weighted by molar-refractivity contribution is 7.90. The number of hydrogen-bond acceptors (Lipinski definition) is 6. The lowest BCUT2D eigenvalue weighted by atomic mass is 10.3. The smallest absolute Gasteiger partial charge is 0.322 e. The van der Waals surface area contributed by atoms with E-state index in [9.17, 15) is 13.2 Å². The molecule has 0 aliphatic rings. The van der Waals surface area contributed by atoms with Crippen molar-refractivity contribution in [3.8, 4) is 11.8 Å². The molecule has 0 aromatic carbocycles. The van der Waals surface area contributed by atoms with E-state index in [2.05, 4.69) is 21.3 Å². The van der Waals surface area contributed by atoms with Crippen LogP contribution in [0.15, 0.2) is 11.4 Å². The van der Waals surface area contributed by atoms with E-state index in [0.29, 0.717) is 5.56 Å². The first kappa shape index (κ1) is 15.7. The van der Waals surface area contributed by atoms with Gasteiger partial charge in [0.15, 0.2) is 5.75 Å². The average molecular weight is 303 g/mol. The predicted molar refractivity (Wildman–Crippen MR) is 70.9 cm³/mol. The number of rotatable bonds is 5. The van der Waals surface area contributed by atoms with Gasteiger partial charge in [-0.3, -0.25) is 4.79 Å². The Morgan fingerprint density at radius 2 is 2.32 bits per heavy atom. The van der Waals surface area contributed by atoms with E-state index in [0.717, 1.165) is 12.0 Å². The zero-order valence-corrected chi connectivity index (χ0v) is 11.8. The van der Waals surface area contributed by atoms with Crippen LogP contribution in [0.25, 0.3) is 0 Å². The molecule has 0 saturated carbocycles. The Labute approximate surface area is 115 Å². The van der Waals surface area contributed by atoms with Crippen molar-refractivity contribution in [3.63, 3.8) is 0 Å². The summed E-state index contributed by atoms with van der Waals surface area (Å²) in [6.07, 6.45) is 0. The molecule has 0 fully saturated rings. The van der Waals surface area contributed by atoms with Gasteiger partial charge < -0.3 is 9.84 Å². The summed E-state index contributed by atoms with van der Waals surface area (Å²) in [6, 6.07) is 1.72. The van der Waals surface area contributed by atoms with Crippen LogP contribution in [0.2, 0.25) is 0 Å². The SMILES string of the molecule is COC(=O)CS(=O)(=O)NCc1cc(C#CCO)cs1. The molecule has 104 valence electrons. The Kier molecular flexibility index (Phi) is 5.98. The second-order valence-electron chi connectivity index (χ2n) is 3.42. The molecule has 19 heavy (non-hydrogen) atoms. The maximum atomic E-state index is 11.5. The molecule has 0 radical (unpaired) electrons. The maximum Gasteiger partial charge on any atom is 0.322 e. The van der Waals surface area contributed by atoms with Crippen molar-refractivity contribution in [2.24, 2.45) is 0 Å². The minimum atomic E-state index is -3.69. The Morgan fingerprint density at radius 1 is 1.58 bits per heavy atom. The van der Waals surface area contributed by atoms with Gasteiger partial charge in [-0.1, -0.05) is 11.8 Å². The lowest BCUT2D eigenvalue weighted by molar-refractivity contribution is -0.137. The van der Waals surface area contributed by atoms with E-state index in [4.69, 9.17) is 5.11 Å². The molecule has 0 atom stereocenters. The van der Waals surface area contributed by atoms with Crippen molar-refractivity contribution in [2.75, 3.05) is 19.5 Å². The molecule has 8 heteroatoms. The molecule has 0 amide bonds. The standard InChI is InChI=1S/C11H13NO5S2/c1-17-11(14)8-19(15,16)12-6-10-5-9(7-18-10)3-2-4-13/h5,7,12-13H,4,6,8H2,1H3. The average Bonchev–Trinajstić information content (AvgIpc) is 2.81. The minimum Gasteiger partial charge on any atom is -0.468 e. The van der Waals surface area contributed by atoms with Crippen molar-refractivity contribution < 1.29 is 23.1 Å². The zero-order chi connectivity index (χ0) is 14.3. The number of esters is 1. The zero-order valence-electron chi connectivity index (χ0n) is 10.2. The first-order valence-corrected chi connectivity index (χ1v) is 7.71. The summed E-state index contributed by atoms with van der Waals surface area (Å²) in [5.74, 6) is 3.69. The van der Waals surface area contributed by atoms with E-state index in [1.807, 2.05) is 0 Å². The summed E-state index contributed by atoms with van der Waals surface area (Å²) in [7, 11) is -2.56. The molecular formula is C11H13NO5S2. The van der Waals surface area contributed by atoms with Gasteiger partial charge in [0.05, 0.1) is 7.11 Å². The fourth-order valence-electron chi connectivity index (χ4n) is 1.13. The molecule has 0 spiro atoms. The third kappa shape index (κ3) is 5.85. The number of carbonyl (C=O) groups is 1. The Balaban J connectivity index is 2.57. The largest absolute Gasteiger partial charge is 0.468 e. The highest BCUT2D eigenvalue weighted by Crippen LogP contribution is 2.13. The number of aliphatic hydroxyl groups is 1. The molecule has 0 aliphatic carbocycles. The van der Waals surface area contributed by atoms with E-state index in [-0.39, 0.29) is 13.2 Å². The normalized spacial score (nSPS) is 10.6. The number of methoxy groups -OCH3 is 1. The van der Waals surface area contributed by atoms with Gasteiger partial charge in [0.1, 0.15) is 6.61 Å². The van der Waals surface area contributed by atoms with Crippen LogP contribution in [0.1, 0.15) is 10.4 Å². The van der Waals surface area contributed by atoms with Crippen molar-refractivity contribution >= 4 is 27.3 Å². The summed E-state index contributed by atoms with van der Waals surface area (Å²) < 4.78 is 29.6. The van der Waals surface area contributed by atoms with Gasteiger partial charge >= 0.3 is 5.97 Å². The van der Waals surface area contributed by atoms with Crippen LogP contribution < -0.4 is 4.72 Å². The van der Waals surface area contributed by atoms with Gasteiger partial charge in [0, 0.05) is 22.4 Å². The van der Waals surface area contributed by atoms with Crippen molar-refractivity contribution in [3.05, 3.63) is 21.9 Å². The molecular weight excluding hydrogens is 290 g/mol. The number of sulfonamides is 1. The fourth-order valence-corrected chi connectivity index (χ4v) is 2.88. The van der Waals surface area contributed by atoms with Crippen LogP contribution in [-0.4, -0.2) is 39.0 Å². The molecule has 2 N–H and O–H groups in total. The quantitative estimate of drug-likeness (QED) is 0.575. The highest BCUT2D eigenvalue weighted by Gasteiger charge is 2.16. The summed E-state index contributed by atoms with van der Waals surface area (Å²) in [5, 5.41) is 10.3. The number of hydrogen-bond donors (Lipinski definition) is 2. The van der Waals surface area contributed by atoms with Crippen molar-refractivity contribution in [1.29, 1.82) is 0 Å². The van der Waals surface area contributed by atoms with Gasteiger partial charge in [0.2, 0.25) is 10.0 Å². The number of thiophene rings is 1. The lowest BCUT2D eigenvalue weighted by Gasteiger charge is -2.03. The van der Waals surface area contributed by atoms with E-state index < -0.39 is 21.7 Å². The molecule has 1 heterocycles. The molecule has 0 bridgehead atoms. The summed E-state index contributed by atoms with van der Waals surface area (Å²) in [6.45, 7) is -0.137. The second-order valence-corrected chi connectivity index (χ2v) is 6.22. The molecule has 0 aliphatic heterocycles. The second kappa shape index (κ2) is 7.25. The first-order chi connectivity index (χ1) is 8.96. The van der Waals surface area contributed by atoms with Gasteiger partial charge in [-0.15, -0.1) is 11.3 Å². The Hall–Kier alpha value is -1.40. The van der Waals surface area contributed by atoms with Crippen LogP contribution >= 0.6 is 11.3 Å². The Bertz CT molecular complexity index is 594. The number of aliphatic hydroxyl groups excluding tert-OH is 1. The van der Waals surface area contributed by atoms with Crippen LogP contribution in [0.5, 0.6) is 0 Å². The number of nitrogens with one attached hydrogen (secondary N) is 1. The van der Waals surface area contributed by atoms with Crippen molar-refractivity contribution in [1.82, 2.24) is 4.72 Å². The minimum absolute atomic E-state index is 0.0881. The summed E-state index contributed by atoms with van der Waals surface area (Å²) in [5.41, 5.74) is 0.709. The van der Waals surface area contributed by atoms with Gasteiger partial charge in [-0.2, -0.15) is 0 Å². The molecule has 1 rings (SSSR count). The van der Waals surface area contributed by atoms with Crippen LogP contribution in [0.3, 0.4) is 0 Å². The highest BCUT2D eigenvalue weighted by atomic mass is 32.2. The molecule has 1 aromatic heterocycles. The molecule has 0 unspecified atom stereocenters. The van der Waals surface area contributed by atoms with Crippen LogP contribution in [0, 0.1) is 11.8 Å². The Morgan fingerprint density at radius 3 is 2.95 bits per heavy atom. The fraction of sp³-hybridized carbons (Fsp3) is 0.364. The van der Waals surface area contributed by atoms with Crippen LogP contribution in [0.4, 0.5) is 0 Å². The molecule has 0 saturated heterocycles.